The number of nitrogens with one attached hydrogen (secondary N) is 2. The second kappa shape index (κ2) is 5.41. The SMILES string of the molecule is O=C1NNC(CCc2ccc(F)cc2F)CC1O. The Hall–Kier alpha value is -1.53. The summed E-state index contributed by atoms with van der Waals surface area (Å²) in [5, 5.41) is 9.36. The van der Waals surface area contributed by atoms with Gasteiger partial charge in [-0.2, -0.15) is 0 Å². The number of benzene rings is 1. The zero-order valence-corrected chi connectivity index (χ0v) is 9.62. The third-order valence-corrected chi connectivity index (χ3v) is 2.99. The lowest BCUT2D eigenvalue weighted by Gasteiger charge is -2.27. The van der Waals surface area contributed by atoms with Crippen molar-refractivity contribution in [2.45, 2.75) is 31.4 Å². The Morgan fingerprint density at radius 1 is 1.39 bits per heavy atom. The Morgan fingerprint density at radius 2 is 2.17 bits per heavy atom. The van der Waals surface area contributed by atoms with Crippen LogP contribution in [0.1, 0.15) is 18.4 Å². The van der Waals surface area contributed by atoms with Gasteiger partial charge in [-0.1, -0.05) is 6.07 Å². The molecule has 2 unspecified atom stereocenters. The summed E-state index contributed by atoms with van der Waals surface area (Å²) >= 11 is 0. The summed E-state index contributed by atoms with van der Waals surface area (Å²) in [5.41, 5.74) is 5.51. The molecule has 1 aliphatic rings. The van der Waals surface area contributed by atoms with E-state index in [1.54, 1.807) is 0 Å². The Morgan fingerprint density at radius 3 is 2.83 bits per heavy atom. The first-order valence-electron chi connectivity index (χ1n) is 5.73. The van der Waals surface area contributed by atoms with Crippen molar-refractivity contribution >= 4 is 5.91 Å². The Labute approximate surface area is 103 Å². The second-order valence-corrected chi connectivity index (χ2v) is 4.36. The number of carbonyl (C=O) groups is 1. The molecule has 0 aromatic heterocycles. The van der Waals surface area contributed by atoms with Gasteiger partial charge in [0.05, 0.1) is 0 Å². The molecule has 0 bridgehead atoms. The number of hydrogen-bond acceptors (Lipinski definition) is 3. The maximum atomic E-state index is 13.4. The quantitative estimate of drug-likeness (QED) is 0.744. The molecule has 0 radical (unpaired) electrons. The van der Waals surface area contributed by atoms with Crippen LogP contribution >= 0.6 is 0 Å². The number of amides is 1. The van der Waals surface area contributed by atoms with Gasteiger partial charge in [0.25, 0.3) is 5.91 Å². The van der Waals surface area contributed by atoms with E-state index in [4.69, 9.17) is 0 Å². The summed E-state index contributed by atoms with van der Waals surface area (Å²) in [6.07, 6.45) is 0.204. The molecular weight excluding hydrogens is 242 g/mol. The van der Waals surface area contributed by atoms with Crippen LogP contribution in [0.3, 0.4) is 0 Å². The molecule has 1 aromatic rings. The summed E-state index contributed by atoms with van der Waals surface area (Å²) in [7, 11) is 0. The molecule has 0 spiro atoms. The highest BCUT2D eigenvalue weighted by Crippen LogP contribution is 2.15. The molecule has 98 valence electrons. The Bertz CT molecular complexity index is 454. The largest absolute Gasteiger partial charge is 0.383 e. The van der Waals surface area contributed by atoms with Gasteiger partial charge in [0, 0.05) is 12.1 Å². The second-order valence-electron chi connectivity index (χ2n) is 4.36. The van der Waals surface area contributed by atoms with Gasteiger partial charge in [-0.3, -0.25) is 10.2 Å². The summed E-state index contributed by atoms with van der Waals surface area (Å²) in [6, 6.07) is 3.34. The molecule has 1 aromatic carbocycles. The van der Waals surface area contributed by atoms with Crippen LogP contribution in [0, 0.1) is 11.6 Å². The lowest BCUT2D eigenvalue weighted by molar-refractivity contribution is -0.134. The van der Waals surface area contributed by atoms with Crippen LogP contribution in [0.15, 0.2) is 18.2 Å². The molecular formula is C12H14F2N2O2. The van der Waals surface area contributed by atoms with Crippen molar-refractivity contribution in [2.75, 3.05) is 0 Å². The van der Waals surface area contributed by atoms with Crippen LogP contribution in [0.25, 0.3) is 0 Å². The maximum absolute atomic E-state index is 13.4. The Kier molecular flexibility index (Phi) is 3.88. The van der Waals surface area contributed by atoms with Gasteiger partial charge in [-0.05, 0) is 30.9 Å². The third kappa shape index (κ3) is 3.02. The number of hydrogen-bond donors (Lipinski definition) is 3. The monoisotopic (exact) mass is 256 g/mol. The van der Waals surface area contributed by atoms with E-state index in [1.165, 1.54) is 12.1 Å². The van der Waals surface area contributed by atoms with Crippen molar-refractivity contribution in [1.82, 2.24) is 10.9 Å². The molecule has 1 fully saturated rings. The van der Waals surface area contributed by atoms with Crippen molar-refractivity contribution in [2.24, 2.45) is 0 Å². The fraction of sp³-hybridized carbons (Fsp3) is 0.417. The highest BCUT2D eigenvalue weighted by molar-refractivity contribution is 5.80. The minimum Gasteiger partial charge on any atom is -0.383 e. The minimum atomic E-state index is -1.03. The number of aliphatic hydroxyl groups excluding tert-OH is 1. The van der Waals surface area contributed by atoms with Crippen molar-refractivity contribution < 1.29 is 18.7 Å². The van der Waals surface area contributed by atoms with E-state index in [1.807, 2.05) is 0 Å². The van der Waals surface area contributed by atoms with Crippen LogP contribution in [-0.4, -0.2) is 23.2 Å². The first kappa shape index (κ1) is 12.9. The summed E-state index contributed by atoms with van der Waals surface area (Å²) < 4.78 is 26.1. The molecule has 1 aliphatic heterocycles. The normalized spacial score (nSPS) is 23.8. The van der Waals surface area contributed by atoms with E-state index in [0.717, 1.165) is 6.07 Å². The van der Waals surface area contributed by atoms with Crippen molar-refractivity contribution in [3.8, 4) is 0 Å². The highest BCUT2D eigenvalue weighted by Gasteiger charge is 2.26. The molecule has 2 rings (SSSR count). The first-order chi connectivity index (χ1) is 8.56. The van der Waals surface area contributed by atoms with Gasteiger partial charge in [-0.25, -0.2) is 14.2 Å². The van der Waals surface area contributed by atoms with Gasteiger partial charge in [-0.15, -0.1) is 0 Å². The molecule has 6 heteroatoms. The summed E-state index contributed by atoms with van der Waals surface area (Å²) in [4.78, 5) is 11.0. The van der Waals surface area contributed by atoms with E-state index in [2.05, 4.69) is 10.9 Å². The Balaban J connectivity index is 1.90. The average molecular weight is 256 g/mol. The molecule has 3 N–H and O–H groups in total. The smallest absolute Gasteiger partial charge is 0.262 e. The molecule has 0 aliphatic carbocycles. The van der Waals surface area contributed by atoms with Gasteiger partial charge >= 0.3 is 0 Å². The van der Waals surface area contributed by atoms with Gasteiger partial charge in [0.1, 0.15) is 17.7 Å². The number of halogens is 2. The lowest BCUT2D eigenvalue weighted by atomic mass is 9.99. The van der Waals surface area contributed by atoms with Crippen LogP contribution in [0.2, 0.25) is 0 Å². The number of rotatable bonds is 3. The molecule has 1 amide bonds. The number of hydrazine groups is 1. The van der Waals surface area contributed by atoms with Crippen LogP contribution < -0.4 is 10.9 Å². The predicted molar refractivity (Wildman–Crippen MR) is 60.4 cm³/mol. The topological polar surface area (TPSA) is 61.4 Å². The fourth-order valence-electron chi connectivity index (χ4n) is 1.94. The van der Waals surface area contributed by atoms with Crippen LogP contribution in [0.5, 0.6) is 0 Å². The van der Waals surface area contributed by atoms with E-state index in [0.29, 0.717) is 18.4 Å². The van der Waals surface area contributed by atoms with Crippen LogP contribution in [0.4, 0.5) is 8.78 Å². The zero-order valence-electron chi connectivity index (χ0n) is 9.62. The zero-order chi connectivity index (χ0) is 13.1. The maximum Gasteiger partial charge on any atom is 0.262 e. The standard InChI is InChI=1S/C12H14F2N2O2/c13-8-3-1-7(10(14)5-8)2-4-9-6-11(17)12(18)16-15-9/h1,3,5,9,11,15,17H,2,4,6H2,(H,16,18). The van der Waals surface area contributed by atoms with E-state index < -0.39 is 23.6 Å². The highest BCUT2D eigenvalue weighted by atomic mass is 19.1. The third-order valence-electron chi connectivity index (χ3n) is 2.99. The minimum absolute atomic E-state index is 0.123. The summed E-state index contributed by atoms with van der Waals surface area (Å²) in [6.45, 7) is 0. The van der Waals surface area contributed by atoms with E-state index in [-0.39, 0.29) is 12.5 Å². The van der Waals surface area contributed by atoms with E-state index in [9.17, 15) is 18.7 Å². The molecule has 2 atom stereocenters. The number of carbonyl (C=O) groups excluding carboxylic acids is 1. The van der Waals surface area contributed by atoms with Crippen LogP contribution in [-0.2, 0) is 11.2 Å². The predicted octanol–water partition coefficient (Wildman–Crippen LogP) is 0.651. The van der Waals surface area contributed by atoms with Gasteiger partial charge in [0.2, 0.25) is 0 Å². The lowest BCUT2D eigenvalue weighted by Crippen LogP contribution is -2.55. The summed E-state index contributed by atoms with van der Waals surface area (Å²) in [5.74, 6) is -1.63. The number of aryl methyl sites for hydroxylation is 1. The van der Waals surface area contributed by atoms with Gasteiger partial charge in [0.15, 0.2) is 0 Å². The molecule has 18 heavy (non-hydrogen) atoms. The average Bonchev–Trinajstić information content (AvgIpc) is 2.32. The van der Waals surface area contributed by atoms with Crippen molar-refractivity contribution in [3.05, 3.63) is 35.4 Å². The fourth-order valence-corrected chi connectivity index (χ4v) is 1.94. The molecule has 1 saturated heterocycles. The molecule has 1 heterocycles. The van der Waals surface area contributed by atoms with E-state index >= 15 is 0 Å². The van der Waals surface area contributed by atoms with Crippen molar-refractivity contribution in [1.29, 1.82) is 0 Å². The van der Waals surface area contributed by atoms with Gasteiger partial charge < -0.3 is 5.11 Å². The first-order valence-corrected chi connectivity index (χ1v) is 5.73. The number of aliphatic hydroxyl groups is 1. The molecule has 4 nitrogen and oxygen atoms in total. The molecule has 0 saturated carbocycles. The van der Waals surface area contributed by atoms with Crippen molar-refractivity contribution in [3.63, 3.8) is 0 Å².